The minimum atomic E-state index is -0.368. The van der Waals surface area contributed by atoms with Crippen LogP contribution in [-0.4, -0.2) is 16.7 Å². The van der Waals surface area contributed by atoms with Gasteiger partial charge < -0.3 is 15.0 Å². The average molecular weight is 295 g/mol. The van der Waals surface area contributed by atoms with E-state index in [0.717, 1.165) is 50.9 Å². The van der Waals surface area contributed by atoms with Crippen molar-refractivity contribution >= 4 is 0 Å². The van der Waals surface area contributed by atoms with Crippen molar-refractivity contribution in [2.75, 3.05) is 6.61 Å². The fraction of sp³-hybridized carbons (Fsp3) is 0.875. The van der Waals surface area contributed by atoms with Crippen LogP contribution < -0.4 is 5.73 Å². The maximum Gasteiger partial charge on any atom is 0.243 e. The van der Waals surface area contributed by atoms with Crippen molar-refractivity contribution in [1.29, 1.82) is 0 Å². The molecule has 1 aromatic rings. The third kappa shape index (κ3) is 3.83. The van der Waals surface area contributed by atoms with Crippen LogP contribution >= 0.6 is 0 Å². The molecule has 1 fully saturated rings. The lowest BCUT2D eigenvalue weighted by molar-refractivity contribution is -0.0847. The molecule has 0 aromatic carbocycles. The first-order valence-corrected chi connectivity index (χ1v) is 8.35. The molecular formula is C16H29N3O2. The molecule has 0 spiro atoms. The maximum atomic E-state index is 6.13. The predicted octanol–water partition coefficient (Wildman–Crippen LogP) is 3.70. The molecule has 1 aromatic heterocycles. The molecule has 1 aliphatic rings. The van der Waals surface area contributed by atoms with Gasteiger partial charge in [-0.05, 0) is 44.9 Å². The first-order chi connectivity index (χ1) is 10.1. The van der Waals surface area contributed by atoms with E-state index in [2.05, 4.69) is 24.0 Å². The second-order valence-corrected chi connectivity index (χ2v) is 6.31. The molecule has 1 heterocycles. The normalized spacial score (nSPS) is 27.7. The van der Waals surface area contributed by atoms with Gasteiger partial charge in [0.15, 0.2) is 0 Å². The summed E-state index contributed by atoms with van der Waals surface area (Å²) in [7, 11) is 0. The monoisotopic (exact) mass is 295 g/mol. The molecule has 1 saturated carbocycles. The Labute approximate surface area is 127 Å². The van der Waals surface area contributed by atoms with Crippen LogP contribution in [0.1, 0.15) is 83.5 Å². The van der Waals surface area contributed by atoms with Gasteiger partial charge in [-0.15, -0.1) is 0 Å². The molecule has 2 N–H and O–H groups in total. The Morgan fingerprint density at radius 3 is 2.71 bits per heavy atom. The van der Waals surface area contributed by atoms with Gasteiger partial charge in [-0.2, -0.15) is 4.98 Å². The van der Waals surface area contributed by atoms with Crippen molar-refractivity contribution in [3.8, 4) is 0 Å². The second kappa shape index (κ2) is 7.36. The lowest BCUT2D eigenvalue weighted by atomic mass is 9.79. The van der Waals surface area contributed by atoms with Crippen LogP contribution in [0.2, 0.25) is 0 Å². The zero-order chi connectivity index (χ0) is 15.3. The van der Waals surface area contributed by atoms with Crippen LogP contribution in [0.5, 0.6) is 0 Å². The van der Waals surface area contributed by atoms with Crippen molar-refractivity contribution < 1.29 is 9.26 Å². The van der Waals surface area contributed by atoms with E-state index in [-0.39, 0.29) is 11.6 Å². The third-order valence-electron chi connectivity index (χ3n) is 4.54. The summed E-state index contributed by atoms with van der Waals surface area (Å²) in [6, 6.07) is -0.160. The summed E-state index contributed by atoms with van der Waals surface area (Å²) >= 11 is 0. The van der Waals surface area contributed by atoms with Gasteiger partial charge in [0.05, 0.1) is 6.04 Å². The smallest absolute Gasteiger partial charge is 0.243 e. The molecular weight excluding hydrogens is 266 g/mol. The van der Waals surface area contributed by atoms with E-state index in [1.807, 2.05) is 6.92 Å². The summed E-state index contributed by atoms with van der Waals surface area (Å²) < 4.78 is 11.5. The highest BCUT2D eigenvalue weighted by Crippen LogP contribution is 2.41. The van der Waals surface area contributed by atoms with E-state index >= 15 is 0 Å². The third-order valence-corrected chi connectivity index (χ3v) is 4.54. The van der Waals surface area contributed by atoms with Gasteiger partial charge in [0.25, 0.3) is 0 Å². The van der Waals surface area contributed by atoms with Gasteiger partial charge in [0.1, 0.15) is 5.60 Å². The molecule has 0 aliphatic heterocycles. The standard InChI is InChI=1S/C16H29N3O2/c1-4-6-7-13(17)14-18-15(19-21-14)16(20-5-2)10-8-12(3)9-11-16/h12-13H,4-11,17H2,1-3H3/t12?,13-,16?/m0/s1. The van der Waals surface area contributed by atoms with E-state index < -0.39 is 0 Å². The van der Waals surface area contributed by atoms with Crippen molar-refractivity contribution in [2.45, 2.75) is 77.4 Å². The summed E-state index contributed by atoms with van der Waals surface area (Å²) in [5, 5.41) is 4.19. The quantitative estimate of drug-likeness (QED) is 0.830. The molecule has 1 aliphatic carbocycles. The number of rotatable bonds is 7. The van der Waals surface area contributed by atoms with Gasteiger partial charge in [-0.3, -0.25) is 0 Å². The van der Waals surface area contributed by atoms with Crippen LogP contribution in [0.15, 0.2) is 4.52 Å². The van der Waals surface area contributed by atoms with E-state index in [1.165, 1.54) is 0 Å². The van der Waals surface area contributed by atoms with E-state index in [0.29, 0.717) is 18.3 Å². The van der Waals surface area contributed by atoms with Crippen molar-refractivity contribution in [3.63, 3.8) is 0 Å². The van der Waals surface area contributed by atoms with Gasteiger partial charge >= 0.3 is 0 Å². The molecule has 1 atom stereocenters. The molecule has 21 heavy (non-hydrogen) atoms. The summed E-state index contributed by atoms with van der Waals surface area (Å²) in [4.78, 5) is 4.57. The molecule has 0 bridgehead atoms. The van der Waals surface area contributed by atoms with Crippen LogP contribution in [0.25, 0.3) is 0 Å². The van der Waals surface area contributed by atoms with Crippen LogP contribution in [-0.2, 0) is 10.3 Å². The zero-order valence-corrected chi connectivity index (χ0v) is 13.6. The minimum Gasteiger partial charge on any atom is -0.367 e. The molecule has 0 amide bonds. The van der Waals surface area contributed by atoms with E-state index in [1.54, 1.807) is 0 Å². The van der Waals surface area contributed by atoms with Crippen molar-refractivity contribution in [1.82, 2.24) is 10.1 Å². The fourth-order valence-electron chi connectivity index (χ4n) is 3.06. The molecule has 2 rings (SSSR count). The molecule has 5 nitrogen and oxygen atoms in total. The molecule has 0 unspecified atom stereocenters. The second-order valence-electron chi connectivity index (χ2n) is 6.31. The summed E-state index contributed by atoms with van der Waals surface area (Å²) in [6.45, 7) is 7.13. The number of aromatic nitrogens is 2. The summed E-state index contributed by atoms with van der Waals surface area (Å²) in [5.41, 5.74) is 5.76. The van der Waals surface area contributed by atoms with Gasteiger partial charge in [-0.1, -0.05) is 31.8 Å². The van der Waals surface area contributed by atoms with Gasteiger partial charge in [0.2, 0.25) is 11.7 Å². The number of hydrogen-bond donors (Lipinski definition) is 1. The average Bonchev–Trinajstić information content (AvgIpc) is 2.98. The first-order valence-electron chi connectivity index (χ1n) is 8.35. The Hall–Kier alpha value is -0.940. The van der Waals surface area contributed by atoms with E-state index in [9.17, 15) is 0 Å². The Bertz CT molecular complexity index is 425. The Morgan fingerprint density at radius 2 is 2.10 bits per heavy atom. The lowest BCUT2D eigenvalue weighted by Crippen LogP contribution is -2.35. The number of unbranched alkanes of at least 4 members (excludes halogenated alkanes) is 1. The SMILES string of the molecule is CCCC[C@H](N)c1nc(C2(OCC)CCC(C)CC2)no1. The molecule has 120 valence electrons. The van der Waals surface area contributed by atoms with Crippen molar-refractivity contribution in [3.05, 3.63) is 11.7 Å². The predicted molar refractivity (Wildman–Crippen MR) is 81.7 cm³/mol. The van der Waals surface area contributed by atoms with Crippen LogP contribution in [0.3, 0.4) is 0 Å². The topological polar surface area (TPSA) is 74.2 Å². The van der Waals surface area contributed by atoms with Crippen LogP contribution in [0.4, 0.5) is 0 Å². The molecule has 0 saturated heterocycles. The Kier molecular flexibility index (Phi) is 5.76. The highest BCUT2D eigenvalue weighted by Gasteiger charge is 2.41. The van der Waals surface area contributed by atoms with Crippen LogP contribution in [0, 0.1) is 5.92 Å². The number of nitrogens with zero attached hydrogens (tertiary/aromatic N) is 2. The maximum absolute atomic E-state index is 6.13. The summed E-state index contributed by atoms with van der Waals surface area (Å²) in [5.74, 6) is 1.99. The molecule has 0 radical (unpaired) electrons. The minimum absolute atomic E-state index is 0.160. The zero-order valence-electron chi connectivity index (χ0n) is 13.6. The Morgan fingerprint density at radius 1 is 1.38 bits per heavy atom. The number of hydrogen-bond acceptors (Lipinski definition) is 5. The molecule has 5 heteroatoms. The highest BCUT2D eigenvalue weighted by molar-refractivity contribution is 5.05. The summed E-state index contributed by atoms with van der Waals surface area (Å²) in [6.07, 6.45) is 7.30. The van der Waals surface area contributed by atoms with E-state index in [4.69, 9.17) is 15.0 Å². The first kappa shape index (κ1) is 16.4. The number of nitrogens with two attached hydrogens (primary N) is 1. The van der Waals surface area contributed by atoms with Gasteiger partial charge in [-0.25, -0.2) is 0 Å². The lowest BCUT2D eigenvalue weighted by Gasteiger charge is -2.36. The Balaban J connectivity index is 2.12. The fourth-order valence-corrected chi connectivity index (χ4v) is 3.06. The largest absolute Gasteiger partial charge is 0.367 e. The van der Waals surface area contributed by atoms with Crippen molar-refractivity contribution in [2.24, 2.45) is 11.7 Å². The highest BCUT2D eigenvalue weighted by atomic mass is 16.5. The number of ether oxygens (including phenoxy) is 1. The van der Waals surface area contributed by atoms with Gasteiger partial charge in [0, 0.05) is 6.61 Å².